The fourth-order valence-electron chi connectivity index (χ4n) is 1.53. The van der Waals surface area contributed by atoms with Gasteiger partial charge in [0.2, 0.25) is 0 Å². The van der Waals surface area contributed by atoms with Crippen molar-refractivity contribution in [1.82, 2.24) is 4.98 Å². The van der Waals surface area contributed by atoms with Crippen LogP contribution in [0, 0.1) is 0 Å². The molecule has 6 heteroatoms. The Morgan fingerprint density at radius 1 is 1.20 bits per heavy atom. The monoisotopic (exact) mass is 290 g/mol. The molecular formula is C14H11ClN2O3. The number of ether oxygens (including phenoxy) is 1. The number of hydrogen-bond donors (Lipinski definition) is 1. The van der Waals surface area contributed by atoms with Crippen LogP contribution in [-0.2, 0) is 4.79 Å². The first-order chi connectivity index (χ1) is 9.56. The molecule has 1 amide bonds. The fraction of sp³-hybridized carbons (Fsp3) is 0.0714. The summed E-state index contributed by atoms with van der Waals surface area (Å²) in [5.41, 5.74) is 0.851. The molecule has 0 bridgehead atoms. The lowest BCUT2D eigenvalue weighted by molar-refractivity contribution is -0.131. The van der Waals surface area contributed by atoms with Gasteiger partial charge >= 0.3 is 5.97 Å². The summed E-state index contributed by atoms with van der Waals surface area (Å²) in [6.45, 7) is 1.32. The minimum Gasteiger partial charge on any atom is -0.427 e. The number of halogens is 1. The van der Waals surface area contributed by atoms with Crippen molar-refractivity contribution in [2.75, 3.05) is 5.32 Å². The predicted octanol–water partition coefficient (Wildman–Crippen LogP) is 2.91. The number of carbonyl (C=O) groups excluding carboxylic acids is 2. The highest BCUT2D eigenvalue weighted by Gasteiger charge is 2.10. The molecule has 0 aliphatic rings. The van der Waals surface area contributed by atoms with E-state index in [9.17, 15) is 9.59 Å². The van der Waals surface area contributed by atoms with Gasteiger partial charge in [-0.15, -0.1) is 0 Å². The van der Waals surface area contributed by atoms with Crippen molar-refractivity contribution in [3.05, 3.63) is 53.3 Å². The second kappa shape index (κ2) is 6.16. The maximum absolute atomic E-state index is 12.0. The molecule has 1 N–H and O–H groups in total. The number of carbonyl (C=O) groups is 2. The zero-order valence-electron chi connectivity index (χ0n) is 10.6. The Hall–Kier alpha value is -2.40. The number of nitrogens with zero attached hydrogens (tertiary/aromatic N) is 1. The quantitative estimate of drug-likeness (QED) is 0.536. The molecule has 0 saturated carbocycles. The van der Waals surface area contributed by atoms with E-state index >= 15 is 0 Å². The van der Waals surface area contributed by atoms with E-state index in [1.807, 2.05) is 0 Å². The van der Waals surface area contributed by atoms with Gasteiger partial charge in [0, 0.05) is 18.8 Å². The summed E-state index contributed by atoms with van der Waals surface area (Å²) in [5.74, 6) is -0.345. The van der Waals surface area contributed by atoms with Crippen molar-refractivity contribution in [1.29, 1.82) is 0 Å². The minimum absolute atomic E-state index is 0.140. The SMILES string of the molecule is CC(=O)Oc1ccc(NC(=O)c2cccnc2Cl)cc1. The van der Waals surface area contributed by atoms with Crippen LogP contribution in [0.25, 0.3) is 0 Å². The maximum atomic E-state index is 12.0. The standard InChI is InChI=1S/C14H11ClN2O3/c1-9(18)20-11-6-4-10(5-7-11)17-14(19)12-3-2-8-16-13(12)15/h2-8H,1H3,(H,17,19). The summed E-state index contributed by atoms with van der Waals surface area (Å²) in [7, 11) is 0. The molecule has 0 fully saturated rings. The molecule has 1 aromatic heterocycles. The van der Waals surface area contributed by atoms with Crippen LogP contribution in [0.15, 0.2) is 42.6 Å². The zero-order valence-corrected chi connectivity index (χ0v) is 11.3. The second-order valence-electron chi connectivity index (χ2n) is 3.91. The molecule has 0 atom stereocenters. The Morgan fingerprint density at radius 3 is 2.50 bits per heavy atom. The summed E-state index contributed by atoms with van der Waals surface area (Å²) in [5, 5.41) is 2.82. The Labute approximate surface area is 120 Å². The molecule has 0 spiro atoms. The van der Waals surface area contributed by atoms with Gasteiger partial charge in [0.25, 0.3) is 5.91 Å². The Balaban J connectivity index is 2.09. The third kappa shape index (κ3) is 3.55. The molecule has 0 radical (unpaired) electrons. The molecule has 2 aromatic rings. The van der Waals surface area contributed by atoms with Crippen LogP contribution in [0.5, 0.6) is 5.75 Å². The van der Waals surface area contributed by atoms with Crippen LogP contribution in [0.3, 0.4) is 0 Å². The number of anilines is 1. The van der Waals surface area contributed by atoms with Crippen LogP contribution >= 0.6 is 11.6 Å². The lowest BCUT2D eigenvalue weighted by Gasteiger charge is -2.07. The van der Waals surface area contributed by atoms with E-state index in [-0.39, 0.29) is 11.1 Å². The number of amides is 1. The van der Waals surface area contributed by atoms with E-state index in [0.717, 1.165) is 0 Å². The van der Waals surface area contributed by atoms with Crippen molar-refractivity contribution < 1.29 is 14.3 Å². The van der Waals surface area contributed by atoms with Gasteiger partial charge in [-0.25, -0.2) is 4.98 Å². The van der Waals surface area contributed by atoms with E-state index in [4.69, 9.17) is 16.3 Å². The summed E-state index contributed by atoms with van der Waals surface area (Å²) >= 11 is 5.84. The Bertz CT molecular complexity index is 641. The van der Waals surface area contributed by atoms with Gasteiger partial charge in [-0.3, -0.25) is 9.59 Å². The molecule has 5 nitrogen and oxygen atoms in total. The van der Waals surface area contributed by atoms with Gasteiger partial charge in [0.1, 0.15) is 10.9 Å². The lowest BCUT2D eigenvalue weighted by Crippen LogP contribution is -2.12. The zero-order chi connectivity index (χ0) is 14.5. The lowest BCUT2D eigenvalue weighted by atomic mass is 10.2. The third-order valence-electron chi connectivity index (χ3n) is 2.38. The largest absolute Gasteiger partial charge is 0.427 e. The highest BCUT2D eigenvalue weighted by Crippen LogP contribution is 2.18. The molecular weight excluding hydrogens is 280 g/mol. The van der Waals surface area contributed by atoms with Crippen LogP contribution < -0.4 is 10.1 Å². The van der Waals surface area contributed by atoms with Crippen LogP contribution in [0.1, 0.15) is 17.3 Å². The van der Waals surface area contributed by atoms with Crippen molar-refractivity contribution in [2.24, 2.45) is 0 Å². The third-order valence-corrected chi connectivity index (χ3v) is 2.68. The second-order valence-corrected chi connectivity index (χ2v) is 4.27. The highest BCUT2D eigenvalue weighted by atomic mass is 35.5. The number of aromatic nitrogens is 1. The fourth-order valence-corrected chi connectivity index (χ4v) is 1.73. The smallest absolute Gasteiger partial charge is 0.308 e. The maximum Gasteiger partial charge on any atom is 0.308 e. The van der Waals surface area contributed by atoms with Gasteiger partial charge in [0.05, 0.1) is 5.56 Å². The Kier molecular flexibility index (Phi) is 4.32. The van der Waals surface area contributed by atoms with Crippen molar-refractivity contribution in [3.63, 3.8) is 0 Å². The van der Waals surface area contributed by atoms with Gasteiger partial charge in [-0.1, -0.05) is 11.6 Å². The first-order valence-electron chi connectivity index (χ1n) is 5.76. The van der Waals surface area contributed by atoms with Crippen LogP contribution in [0.4, 0.5) is 5.69 Å². The summed E-state index contributed by atoms with van der Waals surface area (Å²) < 4.78 is 4.90. The van der Waals surface area contributed by atoms with E-state index in [0.29, 0.717) is 17.0 Å². The van der Waals surface area contributed by atoms with Crippen LogP contribution in [0.2, 0.25) is 5.15 Å². The first kappa shape index (κ1) is 14.0. The van der Waals surface area contributed by atoms with E-state index in [2.05, 4.69) is 10.3 Å². The summed E-state index contributed by atoms with van der Waals surface area (Å²) in [4.78, 5) is 26.6. The van der Waals surface area contributed by atoms with E-state index < -0.39 is 5.97 Å². The number of esters is 1. The van der Waals surface area contributed by atoms with Gasteiger partial charge in [-0.05, 0) is 36.4 Å². The molecule has 0 aliphatic carbocycles. The number of benzene rings is 1. The number of pyridine rings is 1. The van der Waals surface area contributed by atoms with Gasteiger partial charge in [-0.2, -0.15) is 0 Å². The summed E-state index contributed by atoms with van der Waals surface area (Å²) in [6.07, 6.45) is 1.51. The summed E-state index contributed by atoms with van der Waals surface area (Å²) in [6, 6.07) is 9.63. The average molecular weight is 291 g/mol. The average Bonchev–Trinajstić information content (AvgIpc) is 2.41. The molecule has 1 aromatic carbocycles. The molecule has 102 valence electrons. The van der Waals surface area contributed by atoms with Crippen LogP contribution in [-0.4, -0.2) is 16.9 Å². The first-order valence-corrected chi connectivity index (χ1v) is 6.14. The number of hydrogen-bond acceptors (Lipinski definition) is 4. The molecule has 1 heterocycles. The van der Waals surface area contributed by atoms with Crippen molar-refractivity contribution >= 4 is 29.2 Å². The minimum atomic E-state index is -0.399. The molecule has 0 saturated heterocycles. The predicted molar refractivity (Wildman–Crippen MR) is 75.0 cm³/mol. The molecule has 0 aliphatic heterocycles. The number of rotatable bonds is 3. The molecule has 20 heavy (non-hydrogen) atoms. The van der Waals surface area contributed by atoms with Gasteiger partial charge in [0.15, 0.2) is 0 Å². The molecule has 0 unspecified atom stereocenters. The van der Waals surface area contributed by atoms with Crippen molar-refractivity contribution in [2.45, 2.75) is 6.92 Å². The normalized spacial score (nSPS) is 9.90. The van der Waals surface area contributed by atoms with Crippen molar-refractivity contribution in [3.8, 4) is 5.75 Å². The number of nitrogens with one attached hydrogen (secondary N) is 1. The topological polar surface area (TPSA) is 68.3 Å². The van der Waals surface area contributed by atoms with E-state index in [1.54, 1.807) is 36.4 Å². The van der Waals surface area contributed by atoms with Gasteiger partial charge < -0.3 is 10.1 Å². The molecule has 2 rings (SSSR count). The Morgan fingerprint density at radius 2 is 1.90 bits per heavy atom. The van der Waals surface area contributed by atoms with E-state index in [1.165, 1.54) is 13.1 Å². The highest BCUT2D eigenvalue weighted by molar-refractivity contribution is 6.33.